The lowest BCUT2D eigenvalue weighted by molar-refractivity contribution is -0.132. The van der Waals surface area contributed by atoms with Gasteiger partial charge < -0.3 is 9.64 Å². The van der Waals surface area contributed by atoms with Crippen LogP contribution >= 0.6 is 11.8 Å². The van der Waals surface area contributed by atoms with Crippen LogP contribution in [-0.2, 0) is 11.3 Å². The van der Waals surface area contributed by atoms with Crippen molar-refractivity contribution in [3.63, 3.8) is 0 Å². The van der Waals surface area contributed by atoms with Crippen molar-refractivity contribution in [3.05, 3.63) is 65.7 Å². The van der Waals surface area contributed by atoms with Gasteiger partial charge in [-0.25, -0.2) is 0 Å². The number of carbonyl (C=O) groups excluding carboxylic acids is 1. The van der Waals surface area contributed by atoms with Gasteiger partial charge in [0.15, 0.2) is 0 Å². The highest BCUT2D eigenvalue weighted by atomic mass is 32.2. The number of methoxy groups -OCH3 is 1. The number of para-hydroxylation sites is 1. The van der Waals surface area contributed by atoms with Crippen molar-refractivity contribution in [2.45, 2.75) is 30.5 Å². The van der Waals surface area contributed by atoms with Gasteiger partial charge in [-0.1, -0.05) is 48.5 Å². The van der Waals surface area contributed by atoms with Crippen LogP contribution in [0.15, 0.2) is 54.6 Å². The van der Waals surface area contributed by atoms with Crippen LogP contribution in [0.1, 0.15) is 30.3 Å². The number of thioether (sulfide) groups is 1. The summed E-state index contributed by atoms with van der Waals surface area (Å²) in [6.07, 6.45) is 0. The van der Waals surface area contributed by atoms with Crippen LogP contribution in [-0.4, -0.2) is 22.7 Å². The molecular formula is C19H21NO2S. The Labute approximate surface area is 141 Å². The normalized spacial score (nSPS) is 19.9. The predicted octanol–water partition coefficient (Wildman–Crippen LogP) is 4.25. The minimum atomic E-state index is -0.430. The molecule has 3 nitrogen and oxygen atoms in total. The first-order valence-corrected chi connectivity index (χ1v) is 8.56. The van der Waals surface area contributed by atoms with E-state index in [9.17, 15) is 4.79 Å². The fourth-order valence-electron chi connectivity index (χ4n) is 2.88. The highest BCUT2D eigenvalue weighted by molar-refractivity contribution is 8.02. The van der Waals surface area contributed by atoms with Gasteiger partial charge in [-0.05, 0) is 25.5 Å². The van der Waals surface area contributed by atoms with Crippen molar-refractivity contribution in [2.24, 2.45) is 0 Å². The number of benzene rings is 2. The van der Waals surface area contributed by atoms with Crippen molar-refractivity contribution in [2.75, 3.05) is 7.11 Å². The second-order valence-corrected chi connectivity index (χ2v) is 7.84. The maximum Gasteiger partial charge on any atom is 0.239 e. The Morgan fingerprint density at radius 1 is 1.09 bits per heavy atom. The van der Waals surface area contributed by atoms with E-state index in [0.29, 0.717) is 6.54 Å². The third kappa shape index (κ3) is 3.08. The summed E-state index contributed by atoms with van der Waals surface area (Å²) in [6.45, 7) is 4.60. The van der Waals surface area contributed by atoms with Crippen LogP contribution in [0.4, 0.5) is 0 Å². The van der Waals surface area contributed by atoms with E-state index in [-0.39, 0.29) is 11.3 Å². The number of hydrogen-bond acceptors (Lipinski definition) is 3. The van der Waals surface area contributed by atoms with Crippen LogP contribution in [0, 0.1) is 0 Å². The van der Waals surface area contributed by atoms with E-state index >= 15 is 0 Å². The molecule has 23 heavy (non-hydrogen) atoms. The van der Waals surface area contributed by atoms with Gasteiger partial charge in [-0.3, -0.25) is 4.79 Å². The van der Waals surface area contributed by atoms with Crippen molar-refractivity contribution >= 4 is 17.7 Å². The third-order valence-corrected chi connectivity index (χ3v) is 5.56. The number of ether oxygens (including phenoxy) is 1. The Hall–Kier alpha value is -1.94. The lowest BCUT2D eigenvalue weighted by atomic mass is 10.1. The van der Waals surface area contributed by atoms with Crippen LogP contribution < -0.4 is 4.74 Å². The molecule has 0 N–H and O–H groups in total. The summed E-state index contributed by atoms with van der Waals surface area (Å²) >= 11 is 1.68. The predicted molar refractivity (Wildman–Crippen MR) is 94.4 cm³/mol. The van der Waals surface area contributed by atoms with E-state index in [1.54, 1.807) is 18.9 Å². The molecule has 3 rings (SSSR count). The molecule has 0 aliphatic carbocycles. The Kier molecular flexibility index (Phi) is 4.35. The maximum atomic E-state index is 12.9. The lowest BCUT2D eigenvalue weighted by Crippen LogP contribution is -2.34. The standard InChI is InChI=1S/C19H21NO2S/c1-19(2)18(21)20(13-14-9-5-4-6-10-14)17(23-19)15-11-7-8-12-16(15)22-3/h4-12,17H,13H2,1-3H3/t17-/m0/s1. The number of rotatable bonds is 4. The van der Waals surface area contributed by atoms with Gasteiger partial charge in [0.25, 0.3) is 0 Å². The zero-order valence-electron chi connectivity index (χ0n) is 13.7. The largest absolute Gasteiger partial charge is 0.496 e. The van der Waals surface area contributed by atoms with Crippen LogP contribution in [0.2, 0.25) is 0 Å². The molecule has 0 radical (unpaired) electrons. The second kappa shape index (κ2) is 6.28. The molecule has 0 unspecified atom stereocenters. The molecule has 0 bridgehead atoms. The summed E-state index contributed by atoms with van der Waals surface area (Å²) in [5.74, 6) is 0.996. The molecule has 1 heterocycles. The molecule has 0 spiro atoms. The summed E-state index contributed by atoms with van der Waals surface area (Å²) in [7, 11) is 1.67. The first-order valence-electron chi connectivity index (χ1n) is 7.68. The summed E-state index contributed by atoms with van der Waals surface area (Å²) in [5.41, 5.74) is 2.19. The second-order valence-electron chi connectivity index (χ2n) is 6.14. The average Bonchev–Trinajstić information content (AvgIpc) is 2.79. The molecule has 1 atom stereocenters. The number of hydrogen-bond donors (Lipinski definition) is 0. The van der Waals surface area contributed by atoms with E-state index in [1.807, 2.05) is 61.2 Å². The highest BCUT2D eigenvalue weighted by Gasteiger charge is 2.47. The highest BCUT2D eigenvalue weighted by Crippen LogP contribution is 2.51. The van der Waals surface area contributed by atoms with E-state index < -0.39 is 4.75 Å². The Morgan fingerprint density at radius 3 is 2.43 bits per heavy atom. The molecule has 1 fully saturated rings. The quantitative estimate of drug-likeness (QED) is 0.841. The van der Waals surface area contributed by atoms with Gasteiger partial charge >= 0.3 is 0 Å². The number of carbonyl (C=O) groups is 1. The fourth-order valence-corrected chi connectivity index (χ4v) is 4.28. The van der Waals surface area contributed by atoms with E-state index in [1.165, 1.54) is 0 Å². The number of nitrogens with zero attached hydrogens (tertiary/aromatic N) is 1. The van der Waals surface area contributed by atoms with Gasteiger partial charge in [0.2, 0.25) is 5.91 Å². The molecule has 120 valence electrons. The molecule has 0 saturated carbocycles. The summed E-state index contributed by atoms with van der Waals surface area (Å²) in [4.78, 5) is 14.8. The van der Waals surface area contributed by atoms with Gasteiger partial charge in [-0.15, -0.1) is 11.8 Å². The van der Waals surface area contributed by atoms with Crippen molar-refractivity contribution in [3.8, 4) is 5.75 Å². The van der Waals surface area contributed by atoms with Gasteiger partial charge in [-0.2, -0.15) is 0 Å². The molecule has 1 aliphatic heterocycles. The molecule has 1 aliphatic rings. The monoisotopic (exact) mass is 327 g/mol. The zero-order valence-corrected chi connectivity index (χ0v) is 14.5. The summed E-state index contributed by atoms with van der Waals surface area (Å²) in [5, 5.41) is -0.0335. The Morgan fingerprint density at radius 2 is 1.74 bits per heavy atom. The topological polar surface area (TPSA) is 29.5 Å². The molecule has 1 saturated heterocycles. The van der Waals surface area contributed by atoms with Crippen molar-refractivity contribution < 1.29 is 9.53 Å². The van der Waals surface area contributed by atoms with Crippen LogP contribution in [0.25, 0.3) is 0 Å². The molecule has 1 amide bonds. The first kappa shape index (κ1) is 15.9. The van der Waals surface area contributed by atoms with E-state index in [2.05, 4.69) is 12.1 Å². The molecule has 2 aromatic rings. The van der Waals surface area contributed by atoms with Gasteiger partial charge in [0, 0.05) is 12.1 Å². The van der Waals surface area contributed by atoms with Crippen LogP contribution in [0.3, 0.4) is 0 Å². The van der Waals surface area contributed by atoms with Gasteiger partial charge in [0.05, 0.1) is 11.9 Å². The maximum absolute atomic E-state index is 12.9. The Balaban J connectivity index is 1.98. The zero-order chi connectivity index (χ0) is 16.4. The number of amides is 1. The van der Waals surface area contributed by atoms with Crippen LogP contribution in [0.5, 0.6) is 5.75 Å². The summed E-state index contributed by atoms with van der Waals surface area (Å²) in [6, 6.07) is 18.1. The van der Waals surface area contributed by atoms with E-state index in [4.69, 9.17) is 4.74 Å². The fraction of sp³-hybridized carbons (Fsp3) is 0.316. The minimum absolute atomic E-state index is 0.0335. The Bertz CT molecular complexity index is 700. The van der Waals surface area contributed by atoms with Gasteiger partial charge in [0.1, 0.15) is 11.1 Å². The summed E-state index contributed by atoms with van der Waals surface area (Å²) < 4.78 is 5.08. The SMILES string of the molecule is COc1ccccc1[C@@H]1SC(C)(C)C(=O)N1Cc1ccccc1. The van der Waals surface area contributed by atoms with Crippen molar-refractivity contribution in [1.29, 1.82) is 0 Å². The minimum Gasteiger partial charge on any atom is -0.496 e. The average molecular weight is 327 g/mol. The molecule has 0 aromatic heterocycles. The van der Waals surface area contributed by atoms with E-state index in [0.717, 1.165) is 16.9 Å². The lowest BCUT2D eigenvalue weighted by Gasteiger charge is -2.25. The third-order valence-electron chi connectivity index (χ3n) is 4.07. The smallest absolute Gasteiger partial charge is 0.239 e. The molecule has 4 heteroatoms. The first-order chi connectivity index (χ1) is 11.0. The molecular weight excluding hydrogens is 306 g/mol. The van der Waals surface area contributed by atoms with Crippen molar-refractivity contribution in [1.82, 2.24) is 4.90 Å². The molecule has 2 aromatic carbocycles.